The Balaban J connectivity index is 1.36. The number of pyridine rings is 1. The van der Waals surface area contributed by atoms with Crippen LogP contribution in [0.2, 0.25) is 0 Å². The maximum absolute atomic E-state index is 15.5. The maximum Gasteiger partial charge on any atom is 0.145 e. The first-order valence-corrected chi connectivity index (χ1v) is 16.6. The Bertz CT molecular complexity index is 1620. The molecule has 0 bridgehead atoms. The van der Waals surface area contributed by atoms with Gasteiger partial charge in [0, 0.05) is 50.1 Å². The summed E-state index contributed by atoms with van der Waals surface area (Å²) in [6.45, 7) is 14.1. The van der Waals surface area contributed by atoms with Crippen LogP contribution in [-0.2, 0) is 11.3 Å². The Morgan fingerprint density at radius 1 is 1.17 bits per heavy atom. The predicted octanol–water partition coefficient (Wildman–Crippen LogP) is 7.18. The minimum Gasteiger partial charge on any atom is -0.391 e. The van der Waals surface area contributed by atoms with Gasteiger partial charge in [-0.05, 0) is 67.7 Å². The SMILES string of the molecule is C\C=C(F)/C(=N\C(Nc1ccc(N2CC3OCCN(Cc4ccccc4)C3C2)cn1)=C(/C)CC)C1=C/C(=C(/NC)C(C)C)C(=N)C=C1. The molecule has 2 saturated heterocycles. The summed E-state index contributed by atoms with van der Waals surface area (Å²) in [6.07, 6.45) is 9.50. The highest BCUT2D eigenvalue weighted by Gasteiger charge is 2.40. The van der Waals surface area contributed by atoms with E-state index in [4.69, 9.17) is 20.1 Å². The van der Waals surface area contributed by atoms with Crippen molar-refractivity contribution in [3.8, 4) is 0 Å². The first-order valence-electron chi connectivity index (χ1n) is 16.6. The third-order valence-electron chi connectivity index (χ3n) is 9.07. The van der Waals surface area contributed by atoms with Crippen molar-refractivity contribution < 1.29 is 9.13 Å². The van der Waals surface area contributed by atoms with Crippen LogP contribution in [0.4, 0.5) is 15.9 Å². The van der Waals surface area contributed by atoms with Crippen LogP contribution in [0.3, 0.4) is 0 Å². The maximum atomic E-state index is 15.5. The lowest BCUT2D eigenvalue weighted by Gasteiger charge is -2.36. The third-order valence-corrected chi connectivity index (χ3v) is 9.07. The first-order chi connectivity index (χ1) is 22.7. The molecule has 2 unspecified atom stereocenters. The van der Waals surface area contributed by atoms with Crippen molar-refractivity contribution in [3.63, 3.8) is 0 Å². The molecule has 0 amide bonds. The first kappa shape index (κ1) is 34.0. The zero-order valence-electron chi connectivity index (χ0n) is 28.5. The summed E-state index contributed by atoms with van der Waals surface area (Å²) in [5.41, 5.74) is 6.18. The van der Waals surface area contributed by atoms with Crippen molar-refractivity contribution in [2.24, 2.45) is 10.9 Å². The number of nitrogens with zero attached hydrogens (tertiary/aromatic N) is 4. The van der Waals surface area contributed by atoms with Crippen molar-refractivity contribution in [1.29, 1.82) is 5.41 Å². The number of benzene rings is 1. The number of fused-ring (bicyclic) bond motifs is 1. The Morgan fingerprint density at radius 2 is 1.96 bits per heavy atom. The molecule has 3 heterocycles. The smallest absolute Gasteiger partial charge is 0.145 e. The van der Waals surface area contributed by atoms with Crippen LogP contribution in [0.25, 0.3) is 0 Å². The molecule has 3 aliphatic rings. The molecule has 0 spiro atoms. The molecule has 5 rings (SSSR count). The van der Waals surface area contributed by atoms with E-state index in [0.717, 1.165) is 61.7 Å². The lowest BCUT2D eigenvalue weighted by molar-refractivity contribution is -0.0499. The molecule has 2 fully saturated rings. The van der Waals surface area contributed by atoms with Crippen molar-refractivity contribution in [1.82, 2.24) is 15.2 Å². The van der Waals surface area contributed by atoms with Gasteiger partial charge in [0.25, 0.3) is 0 Å². The van der Waals surface area contributed by atoms with E-state index in [2.05, 4.69) is 77.6 Å². The average Bonchev–Trinajstić information content (AvgIpc) is 3.53. The molecule has 248 valence electrons. The lowest BCUT2D eigenvalue weighted by Crippen LogP contribution is -2.50. The van der Waals surface area contributed by atoms with Crippen LogP contribution < -0.4 is 15.5 Å². The minimum atomic E-state index is -0.435. The molecular formula is C38H48FN7O. The number of morpholine rings is 1. The summed E-state index contributed by atoms with van der Waals surface area (Å²) >= 11 is 0. The summed E-state index contributed by atoms with van der Waals surface area (Å²) < 4.78 is 21.7. The van der Waals surface area contributed by atoms with Crippen LogP contribution in [0.1, 0.15) is 46.6 Å². The van der Waals surface area contributed by atoms with E-state index in [9.17, 15) is 0 Å². The molecule has 1 aliphatic carbocycles. The van der Waals surface area contributed by atoms with Gasteiger partial charge in [-0.1, -0.05) is 57.2 Å². The van der Waals surface area contributed by atoms with Gasteiger partial charge in [-0.15, -0.1) is 0 Å². The number of ether oxygens (including phenoxy) is 1. The van der Waals surface area contributed by atoms with Gasteiger partial charge in [-0.3, -0.25) is 4.90 Å². The Hall–Kier alpha value is -4.34. The van der Waals surface area contributed by atoms with Gasteiger partial charge in [0.15, 0.2) is 0 Å². The van der Waals surface area contributed by atoms with Gasteiger partial charge in [0.2, 0.25) is 0 Å². The topological polar surface area (TPSA) is 88.9 Å². The van der Waals surface area contributed by atoms with Crippen LogP contribution >= 0.6 is 0 Å². The molecule has 47 heavy (non-hydrogen) atoms. The molecule has 8 nitrogen and oxygen atoms in total. The van der Waals surface area contributed by atoms with Gasteiger partial charge in [-0.25, -0.2) is 14.4 Å². The van der Waals surface area contributed by atoms with E-state index >= 15 is 4.39 Å². The van der Waals surface area contributed by atoms with Crippen molar-refractivity contribution >= 4 is 22.9 Å². The van der Waals surface area contributed by atoms with E-state index in [1.165, 1.54) is 11.6 Å². The highest BCUT2D eigenvalue weighted by Crippen LogP contribution is 2.30. The van der Waals surface area contributed by atoms with Crippen molar-refractivity contribution in [3.05, 3.63) is 113 Å². The van der Waals surface area contributed by atoms with E-state index in [1.54, 1.807) is 19.1 Å². The number of rotatable bonds is 11. The van der Waals surface area contributed by atoms with Crippen molar-refractivity contribution in [2.75, 3.05) is 43.5 Å². The van der Waals surface area contributed by atoms with Gasteiger partial charge in [-0.2, -0.15) is 0 Å². The number of aliphatic imine (C=N–C) groups is 1. The molecule has 2 aromatic rings. The summed E-state index contributed by atoms with van der Waals surface area (Å²) in [5, 5.41) is 15.1. The zero-order valence-corrected chi connectivity index (χ0v) is 28.5. The van der Waals surface area contributed by atoms with Gasteiger partial charge < -0.3 is 25.7 Å². The summed E-state index contributed by atoms with van der Waals surface area (Å²) in [4.78, 5) is 14.5. The third kappa shape index (κ3) is 7.97. The number of allylic oxidation sites excluding steroid dienone is 9. The molecule has 1 aromatic heterocycles. The number of hydrogen-bond donors (Lipinski definition) is 3. The molecule has 3 N–H and O–H groups in total. The molecule has 0 radical (unpaired) electrons. The summed E-state index contributed by atoms with van der Waals surface area (Å²) in [6, 6.07) is 15.0. The normalized spacial score (nSPS) is 22.3. The largest absolute Gasteiger partial charge is 0.391 e. The molecule has 2 atom stereocenters. The van der Waals surface area contributed by atoms with Crippen LogP contribution in [-0.4, -0.2) is 66.7 Å². The number of nitrogens with one attached hydrogen (secondary N) is 3. The second-order valence-corrected chi connectivity index (χ2v) is 12.5. The Kier molecular flexibility index (Phi) is 11.2. The van der Waals surface area contributed by atoms with Crippen molar-refractivity contribution in [2.45, 2.75) is 59.7 Å². The van der Waals surface area contributed by atoms with E-state index in [-0.39, 0.29) is 17.7 Å². The fourth-order valence-corrected chi connectivity index (χ4v) is 6.30. The molecular weight excluding hydrogens is 589 g/mol. The number of anilines is 2. The molecule has 9 heteroatoms. The van der Waals surface area contributed by atoms with Crippen LogP contribution in [0, 0.1) is 11.3 Å². The Labute approximate surface area is 279 Å². The predicted molar refractivity (Wildman–Crippen MR) is 192 cm³/mol. The second kappa shape index (κ2) is 15.5. The fraction of sp³-hybridized carbons (Fsp3) is 0.395. The molecule has 0 saturated carbocycles. The summed E-state index contributed by atoms with van der Waals surface area (Å²) in [7, 11) is 1.85. The Morgan fingerprint density at radius 3 is 2.62 bits per heavy atom. The highest BCUT2D eigenvalue weighted by atomic mass is 19.1. The zero-order chi connectivity index (χ0) is 33.5. The van der Waals surface area contributed by atoms with Gasteiger partial charge >= 0.3 is 0 Å². The summed E-state index contributed by atoms with van der Waals surface area (Å²) in [5.74, 6) is 0.918. The highest BCUT2D eigenvalue weighted by molar-refractivity contribution is 6.19. The second-order valence-electron chi connectivity index (χ2n) is 12.5. The van der Waals surface area contributed by atoms with E-state index < -0.39 is 5.83 Å². The van der Waals surface area contributed by atoms with E-state index in [1.807, 2.05) is 32.3 Å². The standard InChI is InChI=1S/C38H48FN7O/c1-7-26(5)38(44-37(31(39)8-2)28-14-16-32(40)30(20-28)36(41-6)25(3)4)43-35-17-15-29(21-42-35)46-23-33-34(24-46)47-19-18-45(33)22-27-12-10-9-11-13-27/h8-17,20-21,25,33-34,40-41H,7,18-19,22-24H2,1-6H3,(H,42,43)/b31-8+,36-30-,38-26+,40-32?,44-37-. The lowest BCUT2D eigenvalue weighted by atomic mass is 9.92. The minimum absolute atomic E-state index is 0.160. The van der Waals surface area contributed by atoms with Crippen LogP contribution in [0.15, 0.2) is 112 Å². The van der Waals surface area contributed by atoms with Gasteiger partial charge in [0.05, 0.1) is 36.3 Å². The molecule has 2 aliphatic heterocycles. The molecule has 1 aromatic carbocycles. The van der Waals surface area contributed by atoms with Gasteiger partial charge in [0.1, 0.15) is 23.2 Å². The van der Waals surface area contributed by atoms with Crippen LogP contribution in [0.5, 0.6) is 0 Å². The number of aromatic nitrogens is 1. The number of hydrogen-bond acceptors (Lipinski definition) is 8. The fourth-order valence-electron chi connectivity index (χ4n) is 6.30. The quantitative estimate of drug-likeness (QED) is 0.226. The number of halogens is 1. The van der Waals surface area contributed by atoms with E-state index in [0.29, 0.717) is 29.0 Å². The monoisotopic (exact) mass is 637 g/mol. The average molecular weight is 638 g/mol.